The van der Waals surface area contributed by atoms with Gasteiger partial charge in [-0.2, -0.15) is 0 Å². The van der Waals surface area contributed by atoms with Gasteiger partial charge in [0.2, 0.25) is 5.75 Å². The minimum absolute atomic E-state index is 0.105. The zero-order chi connectivity index (χ0) is 36.2. The molecule has 0 spiro atoms. The lowest BCUT2D eigenvalue weighted by molar-refractivity contribution is -0.394. The molecule has 0 radical (unpaired) electrons. The predicted molar refractivity (Wildman–Crippen MR) is 189 cm³/mol. The van der Waals surface area contributed by atoms with Crippen molar-refractivity contribution >= 4 is 40.4 Å². The normalized spacial score (nSPS) is 13.9. The summed E-state index contributed by atoms with van der Waals surface area (Å²) in [6, 6.07) is 23.2. The summed E-state index contributed by atoms with van der Waals surface area (Å²) in [5, 5.41) is 25.7. The van der Waals surface area contributed by atoms with Crippen LogP contribution in [0.15, 0.2) is 112 Å². The monoisotopic (exact) mass is 707 g/mol. The Kier molecular flexibility index (Phi) is 9.72. The summed E-state index contributed by atoms with van der Waals surface area (Å²) in [6.45, 7) is 4.09. The Bertz CT molecular complexity index is 2390. The molecule has 0 fully saturated rings. The zero-order valence-electron chi connectivity index (χ0n) is 27.4. The summed E-state index contributed by atoms with van der Waals surface area (Å²) in [4.78, 5) is 54.3. The number of nitro benzene ring substituents is 2. The minimum Gasteiger partial charge on any atom is -0.494 e. The highest BCUT2D eigenvalue weighted by atomic mass is 32.1. The number of aromatic nitrogens is 1. The maximum atomic E-state index is 14.2. The average molecular weight is 708 g/mol. The first-order chi connectivity index (χ1) is 24.6. The average Bonchev–Trinajstić information content (AvgIpc) is 3.42. The second kappa shape index (κ2) is 14.5. The van der Waals surface area contributed by atoms with Crippen LogP contribution in [0.5, 0.6) is 23.0 Å². The fraction of sp³-hybridized carbons (Fsp3) is 0.139. The molecule has 51 heavy (non-hydrogen) atoms. The Balaban J connectivity index is 1.40. The maximum Gasteiger partial charge on any atom is 0.318 e. The number of thiazole rings is 1. The van der Waals surface area contributed by atoms with E-state index in [-0.39, 0.29) is 22.8 Å². The summed E-state index contributed by atoms with van der Waals surface area (Å²) >= 11 is 1.15. The number of hydrogen-bond donors (Lipinski definition) is 1. The van der Waals surface area contributed by atoms with E-state index in [1.807, 2.05) is 37.3 Å². The second-order valence-corrected chi connectivity index (χ2v) is 12.1. The molecule has 0 bridgehead atoms. The van der Waals surface area contributed by atoms with Crippen LogP contribution in [0.4, 0.5) is 17.1 Å². The molecule has 5 aromatic rings. The molecule has 1 aliphatic heterocycles. The van der Waals surface area contributed by atoms with Gasteiger partial charge in [0.25, 0.3) is 17.2 Å². The molecule has 14 nitrogen and oxygen atoms in total. The van der Waals surface area contributed by atoms with Crippen LogP contribution in [0.25, 0.3) is 6.08 Å². The van der Waals surface area contributed by atoms with Gasteiger partial charge in [-0.1, -0.05) is 47.7 Å². The highest BCUT2D eigenvalue weighted by Gasteiger charge is 2.32. The molecular formula is C36H29N5O9S. The summed E-state index contributed by atoms with van der Waals surface area (Å²) in [5.74, 6) is 0.320. The van der Waals surface area contributed by atoms with Crippen LogP contribution in [-0.2, 0) is 4.79 Å². The number of fused-ring (bicyclic) bond motifs is 1. The molecule has 1 atom stereocenters. The van der Waals surface area contributed by atoms with Gasteiger partial charge in [0.1, 0.15) is 5.75 Å². The van der Waals surface area contributed by atoms with E-state index in [1.165, 1.54) is 17.7 Å². The van der Waals surface area contributed by atoms with Crippen LogP contribution >= 0.6 is 11.3 Å². The van der Waals surface area contributed by atoms with E-state index in [9.17, 15) is 29.8 Å². The van der Waals surface area contributed by atoms with E-state index in [0.717, 1.165) is 29.5 Å². The molecule has 0 saturated carbocycles. The van der Waals surface area contributed by atoms with Crippen LogP contribution in [0, 0.1) is 20.2 Å². The van der Waals surface area contributed by atoms with Crippen molar-refractivity contribution in [3.8, 4) is 23.0 Å². The van der Waals surface area contributed by atoms with Crippen molar-refractivity contribution in [2.24, 2.45) is 4.99 Å². The molecule has 15 heteroatoms. The number of nitro groups is 2. The van der Waals surface area contributed by atoms with Gasteiger partial charge in [-0.15, -0.1) is 0 Å². The second-order valence-electron chi connectivity index (χ2n) is 11.1. The molecule has 1 amide bonds. The van der Waals surface area contributed by atoms with Crippen molar-refractivity contribution in [2.45, 2.75) is 19.9 Å². The Morgan fingerprint density at radius 1 is 0.961 bits per heavy atom. The molecule has 258 valence electrons. The number of carbonyl (C=O) groups excluding carboxylic acids is 1. The van der Waals surface area contributed by atoms with Crippen molar-refractivity contribution in [1.82, 2.24) is 4.57 Å². The number of carbonyl (C=O) groups is 1. The smallest absolute Gasteiger partial charge is 0.318 e. The number of nitrogens with zero attached hydrogens (tertiary/aromatic N) is 4. The Hall–Kier alpha value is -6.61. The molecule has 1 aliphatic rings. The molecule has 0 saturated heterocycles. The van der Waals surface area contributed by atoms with E-state index < -0.39 is 33.2 Å². The Labute approximate surface area is 293 Å². The van der Waals surface area contributed by atoms with Crippen LogP contribution in [0.3, 0.4) is 0 Å². The van der Waals surface area contributed by atoms with E-state index in [0.29, 0.717) is 49.8 Å². The van der Waals surface area contributed by atoms with Gasteiger partial charge in [0.05, 0.1) is 51.5 Å². The third-order valence-electron chi connectivity index (χ3n) is 7.86. The van der Waals surface area contributed by atoms with Crippen molar-refractivity contribution in [2.75, 3.05) is 19.0 Å². The molecule has 6 rings (SSSR count). The number of hydrogen-bond acceptors (Lipinski definition) is 11. The summed E-state index contributed by atoms with van der Waals surface area (Å²) in [6.07, 6.45) is 1.64. The molecule has 0 unspecified atom stereocenters. The van der Waals surface area contributed by atoms with Crippen molar-refractivity contribution in [3.05, 3.63) is 153 Å². The summed E-state index contributed by atoms with van der Waals surface area (Å²) < 4.78 is 18.7. The van der Waals surface area contributed by atoms with E-state index in [4.69, 9.17) is 14.2 Å². The quantitative estimate of drug-likeness (QED) is 0.130. The minimum atomic E-state index is -0.800. The number of benzene rings is 4. The largest absolute Gasteiger partial charge is 0.494 e. The van der Waals surface area contributed by atoms with Gasteiger partial charge in [0.15, 0.2) is 16.3 Å². The SMILES string of the molecule is CCOc1ccc([C@@H]2C(C(=O)Nc3ccccc3)=C(C)N=c3s/c(=C\c4ccc(Oc5ccc([N+](=O)[O-])cc5[N+](=O)[O-])c(OC)c4)c(=O)n32)cc1. The Morgan fingerprint density at radius 2 is 1.69 bits per heavy atom. The van der Waals surface area contributed by atoms with Crippen LogP contribution < -0.4 is 34.4 Å². The number of methoxy groups -OCH3 is 1. The highest BCUT2D eigenvalue weighted by Crippen LogP contribution is 2.38. The van der Waals surface area contributed by atoms with Crippen LogP contribution in [0.2, 0.25) is 0 Å². The van der Waals surface area contributed by atoms with Crippen molar-refractivity contribution in [1.29, 1.82) is 0 Å². The Morgan fingerprint density at radius 3 is 2.35 bits per heavy atom. The lowest BCUT2D eigenvalue weighted by atomic mass is 9.95. The van der Waals surface area contributed by atoms with Gasteiger partial charge < -0.3 is 19.5 Å². The number of non-ortho nitro benzene ring substituents is 1. The number of anilines is 1. The summed E-state index contributed by atoms with van der Waals surface area (Å²) in [5.41, 5.74) is 1.16. The molecular weight excluding hydrogens is 678 g/mol. The number of nitrogens with one attached hydrogen (secondary N) is 1. The number of para-hydroxylation sites is 1. The van der Waals surface area contributed by atoms with Gasteiger partial charge >= 0.3 is 5.69 Å². The third kappa shape index (κ3) is 7.09. The van der Waals surface area contributed by atoms with E-state index in [2.05, 4.69) is 10.3 Å². The fourth-order valence-electron chi connectivity index (χ4n) is 5.54. The van der Waals surface area contributed by atoms with E-state index in [1.54, 1.807) is 49.4 Å². The highest BCUT2D eigenvalue weighted by molar-refractivity contribution is 7.07. The molecule has 1 aromatic heterocycles. The maximum absolute atomic E-state index is 14.2. The first kappa shape index (κ1) is 34.3. The zero-order valence-corrected chi connectivity index (χ0v) is 28.2. The first-order valence-corrected chi connectivity index (χ1v) is 16.3. The standard InChI is InChI=1S/C36H29N5O9S/c1-4-49-26-14-11-23(12-15-26)33-32(34(42)38-24-8-6-5-7-9-24)21(2)37-36-39(33)35(43)31(51-36)19-22-10-16-29(30(18-22)48-3)50-28-17-13-25(40(44)45)20-27(28)41(46)47/h5-20,33H,4H2,1-3H3,(H,38,42)/b31-19-/t33-/m1/s1. The van der Waals surface area contributed by atoms with Crippen molar-refractivity contribution < 1.29 is 28.9 Å². The van der Waals surface area contributed by atoms with E-state index >= 15 is 0 Å². The molecule has 0 aliphatic carbocycles. The molecule has 2 heterocycles. The van der Waals surface area contributed by atoms with Gasteiger partial charge in [0, 0.05) is 11.8 Å². The molecule has 1 N–H and O–H groups in total. The number of amides is 1. The lowest BCUT2D eigenvalue weighted by Crippen LogP contribution is -2.40. The van der Waals surface area contributed by atoms with Gasteiger partial charge in [-0.25, -0.2) is 4.99 Å². The lowest BCUT2D eigenvalue weighted by Gasteiger charge is -2.25. The third-order valence-corrected chi connectivity index (χ3v) is 8.84. The topological polar surface area (TPSA) is 177 Å². The van der Waals surface area contributed by atoms with Gasteiger partial charge in [-0.05, 0) is 73.5 Å². The number of allylic oxidation sites excluding steroid dienone is 1. The van der Waals surface area contributed by atoms with Crippen LogP contribution in [-0.4, -0.2) is 34.0 Å². The van der Waals surface area contributed by atoms with Crippen molar-refractivity contribution in [3.63, 3.8) is 0 Å². The summed E-state index contributed by atoms with van der Waals surface area (Å²) in [7, 11) is 1.38. The molecule has 4 aromatic carbocycles. The number of rotatable bonds is 11. The van der Waals surface area contributed by atoms with Crippen LogP contribution in [0.1, 0.15) is 31.0 Å². The fourth-order valence-corrected chi connectivity index (χ4v) is 6.58. The predicted octanol–water partition coefficient (Wildman–Crippen LogP) is 5.89. The first-order valence-electron chi connectivity index (χ1n) is 15.5. The van der Waals surface area contributed by atoms with Gasteiger partial charge in [-0.3, -0.25) is 34.4 Å². The number of ether oxygens (including phenoxy) is 3.